The predicted octanol–water partition coefficient (Wildman–Crippen LogP) is 2.31. The quantitative estimate of drug-likeness (QED) is 0.844. The highest BCUT2D eigenvalue weighted by molar-refractivity contribution is 5.85. The number of hydrogen-bond acceptors (Lipinski definition) is 3. The van der Waals surface area contributed by atoms with Crippen LogP contribution in [0.1, 0.15) is 44.6 Å². The third-order valence-corrected chi connectivity index (χ3v) is 4.47. The third kappa shape index (κ3) is 4.05. The summed E-state index contributed by atoms with van der Waals surface area (Å²) in [4.78, 5) is 11.8. The lowest BCUT2D eigenvalue weighted by Crippen LogP contribution is -2.50. The van der Waals surface area contributed by atoms with E-state index in [2.05, 4.69) is 6.92 Å². The van der Waals surface area contributed by atoms with Gasteiger partial charge in [-0.25, -0.2) is 0 Å². The van der Waals surface area contributed by atoms with Crippen molar-refractivity contribution in [2.45, 2.75) is 50.7 Å². The van der Waals surface area contributed by atoms with E-state index >= 15 is 0 Å². The van der Waals surface area contributed by atoms with Gasteiger partial charge in [0.05, 0.1) is 6.10 Å². The van der Waals surface area contributed by atoms with Crippen LogP contribution in [0.5, 0.6) is 0 Å². The molecule has 1 aromatic rings. The molecule has 0 aliphatic heterocycles. The number of primary amides is 1. The van der Waals surface area contributed by atoms with E-state index in [1.54, 1.807) is 0 Å². The summed E-state index contributed by atoms with van der Waals surface area (Å²) in [6.07, 6.45) is 5.40. The lowest BCUT2D eigenvalue weighted by Gasteiger charge is -2.30. The molecule has 0 radical (unpaired) electrons. The monoisotopic (exact) mass is 290 g/mol. The Morgan fingerprint density at radius 1 is 1.33 bits per heavy atom. The Bertz CT molecular complexity index is 463. The lowest BCUT2D eigenvalue weighted by molar-refractivity contribution is -0.124. The van der Waals surface area contributed by atoms with Crippen LogP contribution in [0.2, 0.25) is 0 Å². The van der Waals surface area contributed by atoms with Gasteiger partial charge in [-0.1, -0.05) is 50.1 Å². The van der Waals surface area contributed by atoms with Crippen LogP contribution in [0.15, 0.2) is 30.3 Å². The van der Waals surface area contributed by atoms with Gasteiger partial charge in [0.2, 0.25) is 5.91 Å². The van der Waals surface area contributed by atoms with E-state index in [-0.39, 0.29) is 0 Å². The van der Waals surface area contributed by atoms with Crippen LogP contribution in [0, 0.1) is 5.92 Å². The second-order valence-corrected chi connectivity index (χ2v) is 6.22. The number of ether oxygens (including phenoxy) is 1. The van der Waals surface area contributed by atoms with Crippen LogP contribution in [0.25, 0.3) is 0 Å². The standard InChI is InChI=1S/C17H26N2O2/c1-13-6-5-9-15(12-13)21-11-10-17(19,16(18)20)14-7-3-2-4-8-14/h2-4,7-8,13,15H,5-6,9-12,19H2,1H3,(H2,18,20). The zero-order chi connectivity index (χ0) is 15.3. The first-order valence-electron chi connectivity index (χ1n) is 7.78. The minimum atomic E-state index is -1.15. The summed E-state index contributed by atoms with van der Waals surface area (Å²) in [6.45, 7) is 2.72. The molecule has 0 aromatic heterocycles. The molecule has 4 nitrogen and oxygen atoms in total. The molecule has 1 fully saturated rings. The smallest absolute Gasteiger partial charge is 0.242 e. The Morgan fingerprint density at radius 2 is 2.05 bits per heavy atom. The van der Waals surface area contributed by atoms with E-state index in [4.69, 9.17) is 16.2 Å². The lowest BCUT2D eigenvalue weighted by atomic mass is 9.86. The Kier molecular flexibility index (Phi) is 5.37. The molecule has 1 saturated carbocycles. The molecule has 116 valence electrons. The van der Waals surface area contributed by atoms with Crippen LogP contribution in [-0.4, -0.2) is 18.6 Å². The highest BCUT2D eigenvalue weighted by atomic mass is 16.5. The summed E-state index contributed by atoms with van der Waals surface area (Å²) < 4.78 is 5.93. The highest BCUT2D eigenvalue weighted by Crippen LogP contribution is 2.27. The molecule has 1 aliphatic rings. The predicted molar refractivity (Wildman–Crippen MR) is 83.5 cm³/mol. The first-order chi connectivity index (χ1) is 10.0. The van der Waals surface area contributed by atoms with Gasteiger partial charge in [-0.2, -0.15) is 0 Å². The molecule has 0 bridgehead atoms. The van der Waals surface area contributed by atoms with Gasteiger partial charge in [-0.3, -0.25) is 4.79 Å². The molecule has 1 aliphatic carbocycles. The maximum absolute atomic E-state index is 11.8. The molecule has 0 saturated heterocycles. The largest absolute Gasteiger partial charge is 0.378 e. The Balaban J connectivity index is 1.93. The van der Waals surface area contributed by atoms with E-state index in [1.165, 1.54) is 12.8 Å². The SMILES string of the molecule is CC1CCCC(OCCC(N)(C(N)=O)c2ccccc2)C1. The minimum absolute atomic E-state index is 0.293. The number of amides is 1. The van der Waals surface area contributed by atoms with E-state index in [1.807, 2.05) is 30.3 Å². The summed E-state index contributed by atoms with van der Waals surface area (Å²) in [6, 6.07) is 9.30. The second kappa shape index (κ2) is 7.05. The fraction of sp³-hybridized carbons (Fsp3) is 0.588. The van der Waals surface area contributed by atoms with E-state index in [0.717, 1.165) is 24.3 Å². The average molecular weight is 290 g/mol. The van der Waals surface area contributed by atoms with E-state index < -0.39 is 11.4 Å². The van der Waals surface area contributed by atoms with Crippen LogP contribution in [0.4, 0.5) is 0 Å². The van der Waals surface area contributed by atoms with Crippen molar-refractivity contribution in [3.05, 3.63) is 35.9 Å². The Morgan fingerprint density at radius 3 is 2.67 bits per heavy atom. The minimum Gasteiger partial charge on any atom is -0.378 e. The summed E-state index contributed by atoms with van der Waals surface area (Å²) in [5.41, 5.74) is 11.4. The number of carbonyl (C=O) groups excluding carboxylic acids is 1. The molecule has 1 aromatic carbocycles. The average Bonchev–Trinajstić information content (AvgIpc) is 2.48. The van der Waals surface area contributed by atoms with Gasteiger partial charge in [-0.15, -0.1) is 0 Å². The van der Waals surface area contributed by atoms with E-state index in [0.29, 0.717) is 19.1 Å². The summed E-state index contributed by atoms with van der Waals surface area (Å²) in [5.74, 6) is 0.214. The molecule has 21 heavy (non-hydrogen) atoms. The van der Waals surface area contributed by atoms with Crippen LogP contribution in [0.3, 0.4) is 0 Å². The number of hydrogen-bond donors (Lipinski definition) is 2. The van der Waals surface area contributed by atoms with Crippen molar-refractivity contribution in [2.75, 3.05) is 6.61 Å². The van der Waals surface area contributed by atoms with Crippen molar-refractivity contribution in [1.29, 1.82) is 0 Å². The van der Waals surface area contributed by atoms with Gasteiger partial charge in [0.25, 0.3) is 0 Å². The molecule has 2 rings (SSSR count). The summed E-state index contributed by atoms with van der Waals surface area (Å²) in [7, 11) is 0. The highest BCUT2D eigenvalue weighted by Gasteiger charge is 2.34. The molecule has 0 heterocycles. The first kappa shape index (κ1) is 16.0. The maximum atomic E-state index is 11.8. The van der Waals surface area contributed by atoms with Gasteiger partial charge >= 0.3 is 0 Å². The fourth-order valence-electron chi connectivity index (χ4n) is 3.06. The Hall–Kier alpha value is -1.39. The summed E-state index contributed by atoms with van der Waals surface area (Å²) in [5, 5.41) is 0. The first-order valence-corrected chi connectivity index (χ1v) is 7.78. The van der Waals surface area contributed by atoms with Crippen molar-refractivity contribution < 1.29 is 9.53 Å². The number of benzene rings is 1. The van der Waals surface area contributed by atoms with Crippen molar-refractivity contribution in [3.8, 4) is 0 Å². The normalized spacial score (nSPS) is 25.2. The number of nitrogens with two attached hydrogens (primary N) is 2. The molecule has 3 unspecified atom stereocenters. The van der Waals surface area contributed by atoms with Gasteiger partial charge in [0.15, 0.2) is 0 Å². The third-order valence-electron chi connectivity index (χ3n) is 4.47. The maximum Gasteiger partial charge on any atom is 0.242 e. The van der Waals surface area contributed by atoms with Gasteiger partial charge < -0.3 is 16.2 Å². The van der Waals surface area contributed by atoms with Crippen LogP contribution < -0.4 is 11.5 Å². The van der Waals surface area contributed by atoms with Crippen LogP contribution in [-0.2, 0) is 15.1 Å². The second-order valence-electron chi connectivity index (χ2n) is 6.22. The van der Waals surface area contributed by atoms with Gasteiger partial charge in [0, 0.05) is 13.0 Å². The molecule has 0 spiro atoms. The topological polar surface area (TPSA) is 78.3 Å². The van der Waals surface area contributed by atoms with Crippen LogP contribution >= 0.6 is 0 Å². The summed E-state index contributed by atoms with van der Waals surface area (Å²) >= 11 is 0. The van der Waals surface area contributed by atoms with Crippen molar-refractivity contribution in [1.82, 2.24) is 0 Å². The molecule has 4 N–H and O–H groups in total. The number of rotatable bonds is 6. The van der Waals surface area contributed by atoms with Crippen molar-refractivity contribution >= 4 is 5.91 Å². The molecular formula is C17H26N2O2. The molecule has 4 heteroatoms. The van der Waals surface area contributed by atoms with Crippen molar-refractivity contribution in [3.63, 3.8) is 0 Å². The zero-order valence-corrected chi connectivity index (χ0v) is 12.8. The van der Waals surface area contributed by atoms with E-state index in [9.17, 15) is 4.79 Å². The number of carbonyl (C=O) groups is 1. The molecular weight excluding hydrogens is 264 g/mol. The molecule has 1 amide bonds. The fourth-order valence-corrected chi connectivity index (χ4v) is 3.06. The Labute approximate surface area is 126 Å². The van der Waals surface area contributed by atoms with Gasteiger partial charge in [0.1, 0.15) is 5.54 Å². The van der Waals surface area contributed by atoms with Crippen molar-refractivity contribution in [2.24, 2.45) is 17.4 Å². The molecule has 3 atom stereocenters. The zero-order valence-electron chi connectivity index (χ0n) is 12.8. The van der Waals surface area contributed by atoms with Gasteiger partial charge in [-0.05, 0) is 24.3 Å².